The summed E-state index contributed by atoms with van der Waals surface area (Å²) in [6, 6.07) is 7.30. The van der Waals surface area contributed by atoms with Crippen molar-refractivity contribution in [2.75, 3.05) is 6.54 Å². The van der Waals surface area contributed by atoms with Crippen LogP contribution in [0.25, 0.3) is 22.0 Å². The van der Waals surface area contributed by atoms with Crippen molar-refractivity contribution >= 4 is 22.7 Å². The van der Waals surface area contributed by atoms with Gasteiger partial charge in [0.15, 0.2) is 0 Å². The Morgan fingerprint density at radius 2 is 2.03 bits per heavy atom. The topological polar surface area (TPSA) is 79.2 Å². The maximum Gasteiger partial charge on any atom is 0.246 e. The van der Waals surface area contributed by atoms with Gasteiger partial charge in [-0.15, -0.1) is 0 Å². The molecule has 154 valence electrons. The molecule has 4 rings (SSSR count). The molecule has 0 fully saturated rings. The van der Waals surface area contributed by atoms with Gasteiger partial charge in [-0.2, -0.15) is 0 Å². The van der Waals surface area contributed by atoms with Crippen LogP contribution in [-0.4, -0.2) is 28.2 Å². The summed E-state index contributed by atoms with van der Waals surface area (Å²) in [5, 5.41) is 0.763. The fraction of sp³-hybridized carbons (Fsp3) is 0.250. The first-order valence-corrected chi connectivity index (χ1v) is 9.92. The second-order valence-electron chi connectivity index (χ2n) is 7.86. The Hall–Kier alpha value is -3.41. The molecule has 2 aromatic carbocycles. The highest BCUT2D eigenvalue weighted by molar-refractivity contribution is 6.01. The number of amides is 2. The minimum atomic E-state index is -0.505. The third-order valence-corrected chi connectivity index (χ3v) is 5.97. The maximum absolute atomic E-state index is 15.4. The van der Waals surface area contributed by atoms with Crippen molar-refractivity contribution in [2.24, 2.45) is 5.73 Å². The van der Waals surface area contributed by atoms with Crippen LogP contribution in [0, 0.1) is 19.7 Å². The van der Waals surface area contributed by atoms with E-state index in [1.54, 1.807) is 4.90 Å². The number of nitrogens with one attached hydrogen (secondary N) is 1. The molecule has 6 heteroatoms. The molecule has 3 N–H and O–H groups in total. The van der Waals surface area contributed by atoms with E-state index in [1.807, 2.05) is 32.0 Å². The fourth-order valence-electron chi connectivity index (χ4n) is 4.33. The number of fused-ring (bicyclic) bond motifs is 2. The lowest BCUT2D eigenvalue weighted by Crippen LogP contribution is -2.34. The molecule has 0 spiro atoms. The predicted molar refractivity (Wildman–Crippen MR) is 115 cm³/mol. The van der Waals surface area contributed by atoms with Gasteiger partial charge < -0.3 is 15.6 Å². The van der Waals surface area contributed by atoms with Gasteiger partial charge in [0.1, 0.15) is 5.82 Å². The first-order valence-electron chi connectivity index (χ1n) is 9.92. The van der Waals surface area contributed by atoms with Gasteiger partial charge in [0, 0.05) is 29.7 Å². The molecular weight excluding hydrogens is 381 g/mol. The predicted octanol–water partition coefficient (Wildman–Crippen LogP) is 3.69. The number of hydrogen-bond acceptors (Lipinski definition) is 2. The Morgan fingerprint density at radius 3 is 2.73 bits per heavy atom. The van der Waals surface area contributed by atoms with Crippen molar-refractivity contribution in [3.8, 4) is 11.1 Å². The first kappa shape index (κ1) is 19.9. The van der Waals surface area contributed by atoms with Gasteiger partial charge in [0.05, 0.1) is 11.9 Å². The molecule has 1 aliphatic heterocycles. The lowest BCUT2D eigenvalue weighted by Gasteiger charge is -2.28. The summed E-state index contributed by atoms with van der Waals surface area (Å²) >= 11 is 0. The highest BCUT2D eigenvalue weighted by Gasteiger charge is 2.23. The van der Waals surface area contributed by atoms with Gasteiger partial charge in [-0.3, -0.25) is 9.59 Å². The second-order valence-corrected chi connectivity index (χ2v) is 7.86. The van der Waals surface area contributed by atoms with Crippen LogP contribution in [0.3, 0.4) is 0 Å². The van der Waals surface area contributed by atoms with Crippen LogP contribution < -0.4 is 5.73 Å². The molecule has 0 bridgehead atoms. The number of benzene rings is 2. The molecule has 0 atom stereocenters. The highest BCUT2D eigenvalue weighted by atomic mass is 19.1. The summed E-state index contributed by atoms with van der Waals surface area (Å²) in [4.78, 5) is 28.6. The van der Waals surface area contributed by atoms with Gasteiger partial charge in [0.25, 0.3) is 0 Å². The number of nitrogens with zero attached hydrogens (tertiary/aromatic N) is 1. The molecule has 0 saturated heterocycles. The van der Waals surface area contributed by atoms with E-state index in [-0.39, 0.29) is 12.3 Å². The van der Waals surface area contributed by atoms with E-state index in [4.69, 9.17) is 5.73 Å². The number of carbonyl (C=O) groups excluding carboxylic acids is 2. The van der Waals surface area contributed by atoms with Crippen molar-refractivity contribution in [2.45, 2.75) is 33.2 Å². The van der Waals surface area contributed by atoms with Crippen molar-refractivity contribution in [1.29, 1.82) is 0 Å². The van der Waals surface area contributed by atoms with Gasteiger partial charge in [-0.05, 0) is 66.3 Å². The largest absolute Gasteiger partial charge is 0.369 e. The first-order chi connectivity index (χ1) is 14.3. The zero-order valence-corrected chi connectivity index (χ0v) is 17.1. The van der Waals surface area contributed by atoms with E-state index in [0.29, 0.717) is 24.2 Å². The van der Waals surface area contributed by atoms with Gasteiger partial charge in [-0.1, -0.05) is 18.7 Å². The van der Waals surface area contributed by atoms with Crippen molar-refractivity contribution in [1.82, 2.24) is 9.88 Å². The molecule has 0 saturated carbocycles. The lowest BCUT2D eigenvalue weighted by atomic mass is 9.91. The number of carbonyl (C=O) groups is 2. The van der Waals surface area contributed by atoms with Crippen LogP contribution in [0.5, 0.6) is 0 Å². The van der Waals surface area contributed by atoms with Crippen LogP contribution in [0.1, 0.15) is 27.9 Å². The standard InChI is InChI=1S/C24H24FN3O2/c1-4-21(30)28-8-7-15-5-6-16(9-18(15)12-28)23-19(25)10-17(11-20(26)29)24-22(23)13(2)14(3)27-24/h4-6,9-10,27H,1,7-8,11-12H2,2-3H3,(H2,26,29). The van der Waals surface area contributed by atoms with Crippen LogP contribution in [0.15, 0.2) is 36.9 Å². The van der Waals surface area contributed by atoms with Gasteiger partial charge >= 0.3 is 0 Å². The number of aromatic amines is 1. The van der Waals surface area contributed by atoms with E-state index in [0.717, 1.165) is 45.3 Å². The quantitative estimate of drug-likeness (QED) is 0.650. The molecule has 0 radical (unpaired) electrons. The van der Waals surface area contributed by atoms with E-state index >= 15 is 4.39 Å². The molecular formula is C24H24FN3O2. The van der Waals surface area contributed by atoms with E-state index in [1.165, 1.54) is 12.1 Å². The van der Waals surface area contributed by atoms with Crippen LogP contribution >= 0.6 is 0 Å². The molecule has 2 heterocycles. The Balaban J connectivity index is 1.88. The summed E-state index contributed by atoms with van der Waals surface area (Å²) in [6.07, 6.45) is 2.05. The third-order valence-electron chi connectivity index (χ3n) is 5.97. The Morgan fingerprint density at radius 1 is 1.27 bits per heavy atom. The number of nitrogens with two attached hydrogens (primary N) is 1. The molecule has 30 heavy (non-hydrogen) atoms. The molecule has 3 aromatic rings. The number of primary amides is 1. The zero-order valence-electron chi connectivity index (χ0n) is 17.1. The normalized spacial score (nSPS) is 13.4. The molecule has 5 nitrogen and oxygen atoms in total. The summed E-state index contributed by atoms with van der Waals surface area (Å²) in [7, 11) is 0. The Labute approximate surface area is 174 Å². The zero-order chi connectivity index (χ0) is 21.6. The molecule has 2 amide bonds. The lowest BCUT2D eigenvalue weighted by molar-refractivity contribution is -0.126. The van der Waals surface area contributed by atoms with E-state index in [9.17, 15) is 9.59 Å². The Bertz CT molecular complexity index is 1210. The number of halogens is 1. The number of aryl methyl sites for hydroxylation is 2. The number of rotatable bonds is 4. The molecule has 0 aliphatic carbocycles. The van der Waals surface area contributed by atoms with Crippen LogP contribution in [0.4, 0.5) is 4.39 Å². The SMILES string of the molecule is C=CC(=O)N1CCc2ccc(-c3c(F)cc(CC(N)=O)c4[nH]c(C)c(C)c34)cc2C1. The summed E-state index contributed by atoms with van der Waals surface area (Å²) in [5.74, 6) is -1.00. The maximum atomic E-state index is 15.4. The average molecular weight is 405 g/mol. The van der Waals surface area contributed by atoms with E-state index < -0.39 is 11.7 Å². The number of aromatic nitrogens is 1. The molecule has 1 aromatic heterocycles. The number of H-pyrrole nitrogens is 1. The summed E-state index contributed by atoms with van der Waals surface area (Å²) < 4.78 is 15.4. The van der Waals surface area contributed by atoms with Crippen molar-refractivity contribution in [3.05, 3.63) is 70.7 Å². The number of hydrogen-bond donors (Lipinski definition) is 2. The summed E-state index contributed by atoms with van der Waals surface area (Å²) in [5.41, 5.74) is 11.9. The van der Waals surface area contributed by atoms with E-state index in [2.05, 4.69) is 11.6 Å². The monoisotopic (exact) mass is 405 g/mol. The van der Waals surface area contributed by atoms with Crippen molar-refractivity contribution in [3.63, 3.8) is 0 Å². The smallest absolute Gasteiger partial charge is 0.246 e. The molecule has 0 unspecified atom stereocenters. The highest BCUT2D eigenvalue weighted by Crippen LogP contribution is 2.38. The second kappa shape index (κ2) is 7.44. The van der Waals surface area contributed by atoms with Gasteiger partial charge in [0.2, 0.25) is 11.8 Å². The minimum Gasteiger partial charge on any atom is -0.369 e. The molecule has 1 aliphatic rings. The average Bonchev–Trinajstić information content (AvgIpc) is 3.01. The summed E-state index contributed by atoms with van der Waals surface area (Å²) in [6.45, 7) is 8.55. The Kier molecular flexibility index (Phi) is 4.94. The third kappa shape index (κ3) is 3.28. The van der Waals surface area contributed by atoms with Crippen LogP contribution in [0.2, 0.25) is 0 Å². The van der Waals surface area contributed by atoms with Gasteiger partial charge in [-0.25, -0.2) is 4.39 Å². The minimum absolute atomic E-state index is 0.0318. The van der Waals surface area contributed by atoms with Crippen LogP contribution in [-0.2, 0) is 29.0 Å². The van der Waals surface area contributed by atoms with Crippen molar-refractivity contribution < 1.29 is 14.0 Å². The fourth-order valence-corrected chi connectivity index (χ4v) is 4.33.